The average molecular weight is 279 g/mol. The lowest BCUT2D eigenvalue weighted by molar-refractivity contribution is -0.138. The molecule has 112 valence electrons. The molecule has 0 N–H and O–H groups in total. The van der Waals surface area contributed by atoms with Crippen LogP contribution in [0, 0.1) is 0 Å². The van der Waals surface area contributed by atoms with Crippen LogP contribution in [0.2, 0.25) is 0 Å². The molecule has 1 unspecified atom stereocenters. The van der Waals surface area contributed by atoms with Crippen LogP contribution in [0.4, 0.5) is 0 Å². The number of hydrogen-bond acceptors (Lipinski definition) is 3. The predicted molar refractivity (Wildman–Crippen MR) is 80.2 cm³/mol. The number of hydrogen-bond donors (Lipinski definition) is 0. The molecule has 1 aromatic carbocycles. The number of nitrogens with zero attached hydrogens (tertiary/aromatic N) is 1. The highest BCUT2D eigenvalue weighted by atomic mass is 16.5. The molecule has 0 aromatic heterocycles. The fourth-order valence-electron chi connectivity index (χ4n) is 2.04. The summed E-state index contributed by atoms with van der Waals surface area (Å²) in [5.41, 5.74) is 0. The van der Waals surface area contributed by atoms with Crippen molar-refractivity contribution in [2.75, 3.05) is 20.2 Å². The SMILES string of the molecule is CCCN(CCC)C(=O)C(C)Oc1ccc(OC)cc1. The van der Waals surface area contributed by atoms with Crippen molar-refractivity contribution in [2.24, 2.45) is 0 Å². The Labute approximate surface area is 121 Å². The average Bonchev–Trinajstić information content (AvgIpc) is 2.47. The van der Waals surface area contributed by atoms with Gasteiger partial charge in [0, 0.05) is 13.1 Å². The summed E-state index contributed by atoms with van der Waals surface area (Å²) in [5, 5.41) is 0. The molecule has 0 radical (unpaired) electrons. The summed E-state index contributed by atoms with van der Waals surface area (Å²) in [7, 11) is 1.62. The fourth-order valence-corrected chi connectivity index (χ4v) is 2.04. The molecule has 0 saturated heterocycles. The topological polar surface area (TPSA) is 38.8 Å². The van der Waals surface area contributed by atoms with Crippen molar-refractivity contribution in [1.82, 2.24) is 4.90 Å². The Hall–Kier alpha value is -1.71. The van der Waals surface area contributed by atoms with Gasteiger partial charge in [0.05, 0.1) is 7.11 Å². The molecule has 0 bridgehead atoms. The zero-order valence-corrected chi connectivity index (χ0v) is 12.9. The normalized spacial score (nSPS) is 11.8. The van der Waals surface area contributed by atoms with E-state index in [9.17, 15) is 4.79 Å². The molecule has 0 aliphatic carbocycles. The molecule has 1 rings (SSSR count). The van der Waals surface area contributed by atoms with E-state index in [1.807, 2.05) is 29.2 Å². The number of carbonyl (C=O) groups excluding carboxylic acids is 1. The molecule has 1 atom stereocenters. The van der Waals surface area contributed by atoms with E-state index in [4.69, 9.17) is 9.47 Å². The summed E-state index contributed by atoms with van der Waals surface area (Å²) in [6.07, 6.45) is 1.45. The van der Waals surface area contributed by atoms with E-state index in [2.05, 4.69) is 13.8 Å². The first-order valence-corrected chi connectivity index (χ1v) is 7.21. The third-order valence-corrected chi connectivity index (χ3v) is 3.02. The summed E-state index contributed by atoms with van der Waals surface area (Å²) in [4.78, 5) is 14.2. The predicted octanol–water partition coefficient (Wildman–Crippen LogP) is 3.11. The Bertz CT molecular complexity index is 397. The number of amides is 1. The van der Waals surface area contributed by atoms with Crippen LogP contribution >= 0.6 is 0 Å². The van der Waals surface area contributed by atoms with Gasteiger partial charge in [0.1, 0.15) is 11.5 Å². The van der Waals surface area contributed by atoms with Crippen molar-refractivity contribution in [3.8, 4) is 11.5 Å². The van der Waals surface area contributed by atoms with Gasteiger partial charge in [-0.05, 0) is 44.0 Å². The first kappa shape index (κ1) is 16.3. The van der Waals surface area contributed by atoms with Crippen LogP contribution in [0.3, 0.4) is 0 Å². The zero-order chi connectivity index (χ0) is 15.0. The minimum absolute atomic E-state index is 0.0459. The molecule has 0 saturated carbocycles. The summed E-state index contributed by atoms with van der Waals surface area (Å²) in [6, 6.07) is 7.27. The Balaban J connectivity index is 2.62. The van der Waals surface area contributed by atoms with Crippen LogP contribution in [0.5, 0.6) is 11.5 Å². The third-order valence-electron chi connectivity index (χ3n) is 3.02. The lowest BCUT2D eigenvalue weighted by Gasteiger charge is -2.25. The van der Waals surface area contributed by atoms with Crippen LogP contribution in [-0.2, 0) is 4.79 Å². The van der Waals surface area contributed by atoms with Gasteiger partial charge in [-0.25, -0.2) is 0 Å². The highest BCUT2D eigenvalue weighted by molar-refractivity contribution is 5.80. The molecule has 0 spiro atoms. The van der Waals surface area contributed by atoms with Gasteiger partial charge in [0.15, 0.2) is 6.10 Å². The highest BCUT2D eigenvalue weighted by Gasteiger charge is 2.20. The maximum absolute atomic E-state index is 12.3. The summed E-state index contributed by atoms with van der Waals surface area (Å²) in [6.45, 7) is 7.51. The Morgan fingerprint density at radius 2 is 1.60 bits per heavy atom. The largest absolute Gasteiger partial charge is 0.497 e. The monoisotopic (exact) mass is 279 g/mol. The van der Waals surface area contributed by atoms with E-state index < -0.39 is 6.10 Å². The van der Waals surface area contributed by atoms with Gasteiger partial charge in [-0.15, -0.1) is 0 Å². The molecule has 0 heterocycles. The maximum Gasteiger partial charge on any atom is 0.263 e. The van der Waals surface area contributed by atoms with Crippen LogP contribution in [0.15, 0.2) is 24.3 Å². The van der Waals surface area contributed by atoms with Gasteiger partial charge in [0.2, 0.25) is 0 Å². The minimum Gasteiger partial charge on any atom is -0.497 e. The second kappa shape index (κ2) is 8.46. The second-order valence-electron chi connectivity index (χ2n) is 4.76. The fraction of sp³-hybridized carbons (Fsp3) is 0.562. The molecule has 1 aromatic rings. The maximum atomic E-state index is 12.3. The third kappa shape index (κ3) is 4.76. The molecule has 0 aliphatic rings. The van der Waals surface area contributed by atoms with E-state index >= 15 is 0 Å². The van der Waals surface area contributed by atoms with Gasteiger partial charge in [-0.1, -0.05) is 13.8 Å². The standard InChI is InChI=1S/C16H25NO3/c1-5-11-17(12-6-2)16(18)13(3)20-15-9-7-14(19-4)8-10-15/h7-10,13H,5-6,11-12H2,1-4H3. The van der Waals surface area contributed by atoms with Crippen LogP contribution < -0.4 is 9.47 Å². The Morgan fingerprint density at radius 3 is 2.05 bits per heavy atom. The van der Waals surface area contributed by atoms with Gasteiger partial charge >= 0.3 is 0 Å². The van der Waals surface area contributed by atoms with Crippen molar-refractivity contribution in [1.29, 1.82) is 0 Å². The summed E-state index contributed by atoms with van der Waals surface area (Å²) in [5.74, 6) is 1.50. The van der Waals surface area contributed by atoms with E-state index in [1.165, 1.54) is 0 Å². The van der Waals surface area contributed by atoms with Crippen molar-refractivity contribution in [2.45, 2.75) is 39.7 Å². The van der Waals surface area contributed by atoms with E-state index in [0.29, 0.717) is 5.75 Å². The summed E-state index contributed by atoms with van der Waals surface area (Å²) >= 11 is 0. The first-order valence-electron chi connectivity index (χ1n) is 7.21. The smallest absolute Gasteiger partial charge is 0.263 e. The quantitative estimate of drug-likeness (QED) is 0.734. The molecule has 4 heteroatoms. The van der Waals surface area contributed by atoms with Crippen LogP contribution in [0.25, 0.3) is 0 Å². The highest BCUT2D eigenvalue weighted by Crippen LogP contribution is 2.18. The molecular formula is C16H25NO3. The second-order valence-corrected chi connectivity index (χ2v) is 4.76. The van der Waals surface area contributed by atoms with Gasteiger partial charge in [0.25, 0.3) is 5.91 Å². The molecule has 1 amide bonds. The van der Waals surface area contributed by atoms with Crippen LogP contribution in [-0.4, -0.2) is 37.1 Å². The lowest BCUT2D eigenvalue weighted by Crippen LogP contribution is -2.41. The number of methoxy groups -OCH3 is 1. The Morgan fingerprint density at radius 1 is 1.10 bits per heavy atom. The number of rotatable bonds is 8. The van der Waals surface area contributed by atoms with Crippen molar-refractivity contribution in [3.63, 3.8) is 0 Å². The Kier molecular flexibility index (Phi) is 6.91. The van der Waals surface area contributed by atoms with Crippen molar-refractivity contribution in [3.05, 3.63) is 24.3 Å². The molecule has 0 fully saturated rings. The van der Waals surface area contributed by atoms with Gasteiger partial charge < -0.3 is 14.4 Å². The number of benzene rings is 1. The number of carbonyl (C=O) groups is 1. The van der Waals surface area contributed by atoms with Crippen molar-refractivity contribution < 1.29 is 14.3 Å². The molecule has 0 aliphatic heterocycles. The van der Waals surface area contributed by atoms with Crippen LogP contribution in [0.1, 0.15) is 33.6 Å². The van der Waals surface area contributed by atoms with Crippen molar-refractivity contribution >= 4 is 5.91 Å². The van der Waals surface area contributed by atoms with E-state index in [0.717, 1.165) is 31.7 Å². The lowest BCUT2D eigenvalue weighted by atomic mass is 10.2. The molecule has 4 nitrogen and oxygen atoms in total. The number of ether oxygens (including phenoxy) is 2. The minimum atomic E-state index is -0.471. The van der Waals surface area contributed by atoms with Gasteiger partial charge in [-0.2, -0.15) is 0 Å². The van der Waals surface area contributed by atoms with E-state index in [-0.39, 0.29) is 5.91 Å². The molecule has 20 heavy (non-hydrogen) atoms. The first-order chi connectivity index (χ1) is 9.62. The van der Waals surface area contributed by atoms with E-state index in [1.54, 1.807) is 14.0 Å². The zero-order valence-electron chi connectivity index (χ0n) is 12.9. The molecular weight excluding hydrogens is 254 g/mol. The summed E-state index contributed by atoms with van der Waals surface area (Å²) < 4.78 is 10.8. The van der Waals surface area contributed by atoms with Gasteiger partial charge in [-0.3, -0.25) is 4.79 Å².